The van der Waals surface area contributed by atoms with Gasteiger partial charge in [-0.15, -0.1) is 0 Å². The third kappa shape index (κ3) is 5.79. The van der Waals surface area contributed by atoms with Crippen molar-refractivity contribution in [3.63, 3.8) is 0 Å². The van der Waals surface area contributed by atoms with Gasteiger partial charge in [0, 0.05) is 13.3 Å². The van der Waals surface area contributed by atoms with Crippen LogP contribution in [0.15, 0.2) is 30.3 Å². The molecule has 0 saturated heterocycles. The number of benzene rings is 1. The molecule has 2 unspecified atom stereocenters. The lowest BCUT2D eigenvalue weighted by atomic mass is 10.1. The van der Waals surface area contributed by atoms with Crippen LogP contribution in [0.1, 0.15) is 19.4 Å². The Bertz CT molecular complexity index is 498. The lowest BCUT2D eigenvalue weighted by molar-refractivity contribution is -0.135. The quantitative estimate of drug-likeness (QED) is 0.803. The van der Waals surface area contributed by atoms with Crippen molar-refractivity contribution in [3.8, 4) is 0 Å². The highest BCUT2D eigenvalue weighted by Crippen LogP contribution is 2.45. The highest BCUT2D eigenvalue weighted by atomic mass is 31.2. The summed E-state index contributed by atoms with van der Waals surface area (Å²) in [5.74, 6) is -1.38. The molecule has 0 radical (unpaired) electrons. The molecule has 6 nitrogen and oxygen atoms in total. The van der Waals surface area contributed by atoms with Crippen molar-refractivity contribution in [1.82, 2.24) is 0 Å². The first kappa shape index (κ1) is 15.6. The van der Waals surface area contributed by atoms with E-state index in [4.69, 9.17) is 4.52 Å². The van der Waals surface area contributed by atoms with Gasteiger partial charge in [-0.25, -0.2) is 4.57 Å². The standard InChI is InChI=1S/C12H15O6P/c1-9(13)12(8-11-6-4-3-5-7-11)18-19(15,16)17-10(2)14/h3-7,12H,8H2,1-2H3,(H,15,16). The summed E-state index contributed by atoms with van der Waals surface area (Å²) in [6.45, 7) is 2.22. The summed E-state index contributed by atoms with van der Waals surface area (Å²) in [5, 5.41) is 0. The van der Waals surface area contributed by atoms with E-state index in [0.29, 0.717) is 0 Å². The van der Waals surface area contributed by atoms with E-state index in [1.165, 1.54) is 6.92 Å². The highest BCUT2D eigenvalue weighted by Gasteiger charge is 2.31. The Morgan fingerprint density at radius 2 is 1.84 bits per heavy atom. The van der Waals surface area contributed by atoms with E-state index in [-0.39, 0.29) is 6.42 Å². The summed E-state index contributed by atoms with van der Waals surface area (Å²) >= 11 is 0. The van der Waals surface area contributed by atoms with Crippen LogP contribution in [0.5, 0.6) is 0 Å². The van der Waals surface area contributed by atoms with Crippen LogP contribution in [0.4, 0.5) is 0 Å². The summed E-state index contributed by atoms with van der Waals surface area (Å²) in [6.07, 6.45) is -1.01. The molecular formula is C12H15O6P. The van der Waals surface area contributed by atoms with Crippen LogP contribution >= 0.6 is 7.82 Å². The van der Waals surface area contributed by atoms with Gasteiger partial charge in [-0.1, -0.05) is 30.3 Å². The van der Waals surface area contributed by atoms with Gasteiger partial charge in [0.2, 0.25) is 0 Å². The van der Waals surface area contributed by atoms with Gasteiger partial charge in [-0.05, 0) is 12.5 Å². The average Bonchev–Trinajstić information content (AvgIpc) is 2.27. The van der Waals surface area contributed by atoms with Gasteiger partial charge >= 0.3 is 13.8 Å². The van der Waals surface area contributed by atoms with Crippen LogP contribution < -0.4 is 0 Å². The third-order valence-corrected chi connectivity index (χ3v) is 3.23. The first-order valence-electron chi connectivity index (χ1n) is 5.56. The second-order valence-corrected chi connectivity index (χ2v) is 5.28. The molecule has 0 heterocycles. The Morgan fingerprint density at radius 3 is 2.32 bits per heavy atom. The monoisotopic (exact) mass is 286 g/mol. The van der Waals surface area contributed by atoms with Crippen LogP contribution in [0, 0.1) is 0 Å². The second kappa shape index (κ2) is 6.61. The summed E-state index contributed by atoms with van der Waals surface area (Å²) < 4.78 is 20.4. The Balaban J connectivity index is 2.77. The van der Waals surface area contributed by atoms with Crippen LogP contribution in [0.3, 0.4) is 0 Å². The Labute approximate surface area is 111 Å². The number of hydrogen-bond acceptors (Lipinski definition) is 5. The molecule has 0 saturated carbocycles. The van der Waals surface area contributed by atoms with Gasteiger partial charge in [0.15, 0.2) is 5.78 Å². The van der Waals surface area contributed by atoms with Crippen LogP contribution in [-0.2, 0) is 29.6 Å². The van der Waals surface area contributed by atoms with E-state index in [9.17, 15) is 19.0 Å². The molecule has 0 aliphatic carbocycles. The van der Waals surface area contributed by atoms with Crippen molar-refractivity contribution >= 4 is 19.6 Å². The van der Waals surface area contributed by atoms with Gasteiger partial charge in [-0.2, -0.15) is 0 Å². The first-order valence-corrected chi connectivity index (χ1v) is 7.05. The van der Waals surface area contributed by atoms with Crippen LogP contribution in [0.25, 0.3) is 0 Å². The molecule has 0 spiro atoms. The molecule has 0 fully saturated rings. The Kier molecular flexibility index (Phi) is 5.42. The molecule has 1 rings (SSSR count). The highest BCUT2D eigenvalue weighted by molar-refractivity contribution is 7.48. The summed E-state index contributed by atoms with van der Waals surface area (Å²) in [5.41, 5.74) is 0.769. The molecule has 1 N–H and O–H groups in total. The zero-order chi connectivity index (χ0) is 14.5. The maximum Gasteiger partial charge on any atom is 0.530 e. The fourth-order valence-electron chi connectivity index (χ4n) is 1.43. The molecule has 19 heavy (non-hydrogen) atoms. The van der Waals surface area contributed by atoms with Crippen molar-refractivity contribution in [1.29, 1.82) is 0 Å². The minimum Gasteiger partial charge on any atom is -0.371 e. The smallest absolute Gasteiger partial charge is 0.371 e. The molecule has 0 amide bonds. The lowest BCUT2D eigenvalue weighted by Gasteiger charge is -2.17. The zero-order valence-corrected chi connectivity index (χ0v) is 11.5. The summed E-state index contributed by atoms with van der Waals surface area (Å²) in [7, 11) is -4.57. The van der Waals surface area contributed by atoms with Gasteiger partial charge in [-0.3, -0.25) is 19.0 Å². The van der Waals surface area contributed by atoms with E-state index in [1.54, 1.807) is 24.3 Å². The maximum atomic E-state index is 11.5. The minimum absolute atomic E-state index is 0.127. The summed E-state index contributed by atoms with van der Waals surface area (Å²) in [4.78, 5) is 31.4. The van der Waals surface area contributed by atoms with E-state index in [2.05, 4.69) is 4.52 Å². The van der Waals surface area contributed by atoms with Crippen molar-refractivity contribution in [2.24, 2.45) is 0 Å². The van der Waals surface area contributed by atoms with Crippen molar-refractivity contribution < 1.29 is 28.1 Å². The first-order chi connectivity index (χ1) is 8.80. The fraction of sp³-hybridized carbons (Fsp3) is 0.333. The predicted molar refractivity (Wildman–Crippen MR) is 67.3 cm³/mol. The molecule has 7 heteroatoms. The molecular weight excluding hydrogens is 271 g/mol. The molecule has 0 aliphatic heterocycles. The second-order valence-electron chi connectivity index (χ2n) is 3.95. The molecule has 1 aromatic rings. The number of hydrogen-bond donors (Lipinski definition) is 1. The lowest BCUT2D eigenvalue weighted by Crippen LogP contribution is -2.24. The van der Waals surface area contributed by atoms with Crippen molar-refractivity contribution in [3.05, 3.63) is 35.9 Å². The van der Waals surface area contributed by atoms with Gasteiger partial charge in [0.25, 0.3) is 0 Å². The molecule has 0 aliphatic rings. The SMILES string of the molecule is CC(=O)OP(=O)(O)OC(Cc1ccccc1)C(C)=O. The number of Topliss-reactive ketones (excluding diaryl/α,β-unsaturated/α-hetero) is 1. The van der Waals surface area contributed by atoms with Gasteiger partial charge in [0.1, 0.15) is 6.10 Å². The van der Waals surface area contributed by atoms with Crippen molar-refractivity contribution in [2.45, 2.75) is 26.4 Å². The topological polar surface area (TPSA) is 89.9 Å². The average molecular weight is 286 g/mol. The van der Waals surface area contributed by atoms with Crippen LogP contribution in [0.2, 0.25) is 0 Å². The zero-order valence-electron chi connectivity index (χ0n) is 10.6. The van der Waals surface area contributed by atoms with Gasteiger partial charge in [0.05, 0.1) is 0 Å². The van der Waals surface area contributed by atoms with E-state index in [1.807, 2.05) is 6.07 Å². The molecule has 1 aromatic carbocycles. The largest absolute Gasteiger partial charge is 0.530 e. The fourth-order valence-corrected chi connectivity index (χ4v) is 2.34. The van der Waals surface area contributed by atoms with E-state index < -0.39 is 25.7 Å². The van der Waals surface area contributed by atoms with Gasteiger partial charge < -0.3 is 4.52 Å². The normalized spacial score (nSPS) is 15.3. The molecule has 2 atom stereocenters. The van der Waals surface area contributed by atoms with E-state index >= 15 is 0 Å². The van der Waals surface area contributed by atoms with E-state index in [0.717, 1.165) is 12.5 Å². The molecule has 104 valence electrons. The number of rotatable bonds is 6. The number of ketones is 1. The number of carbonyl (C=O) groups is 2. The van der Waals surface area contributed by atoms with Crippen LogP contribution in [-0.4, -0.2) is 22.7 Å². The predicted octanol–water partition coefficient (Wildman–Crippen LogP) is 1.87. The summed E-state index contributed by atoms with van der Waals surface area (Å²) in [6, 6.07) is 8.87. The number of phosphoric acid groups is 1. The molecule has 0 bridgehead atoms. The van der Waals surface area contributed by atoms with Crippen molar-refractivity contribution in [2.75, 3.05) is 0 Å². The molecule has 0 aromatic heterocycles. The number of phosphoric ester groups is 1. The Morgan fingerprint density at radius 1 is 1.26 bits per heavy atom. The maximum absolute atomic E-state index is 11.5. The number of carbonyl (C=O) groups excluding carboxylic acids is 2. The minimum atomic E-state index is -4.57. The third-order valence-electron chi connectivity index (χ3n) is 2.22. The Hall–Kier alpha value is -1.49.